The number of piperidine rings is 1. The molecule has 0 unspecified atom stereocenters. The summed E-state index contributed by atoms with van der Waals surface area (Å²) in [6, 6.07) is 2.93. The van der Waals surface area contributed by atoms with Gasteiger partial charge in [0.1, 0.15) is 5.82 Å². The fraction of sp³-hybridized carbons (Fsp3) is 0.722. The summed E-state index contributed by atoms with van der Waals surface area (Å²) < 4.78 is 0. The number of pyridine rings is 1. The van der Waals surface area contributed by atoms with Crippen LogP contribution < -0.4 is 4.90 Å². The molecule has 0 N–H and O–H groups in total. The molecule has 3 heterocycles. The lowest BCUT2D eigenvalue weighted by molar-refractivity contribution is 0.257. The third-order valence-corrected chi connectivity index (χ3v) is 5.05. The van der Waals surface area contributed by atoms with E-state index in [9.17, 15) is 0 Å². The quantitative estimate of drug-likeness (QED) is 0.836. The number of nitrogens with zero attached hydrogens (tertiary/aromatic N) is 3. The van der Waals surface area contributed by atoms with Crippen LogP contribution in [0.3, 0.4) is 0 Å². The second kappa shape index (κ2) is 6.78. The van der Waals surface area contributed by atoms with Crippen molar-refractivity contribution in [2.45, 2.75) is 58.4 Å². The monoisotopic (exact) mass is 287 g/mol. The Balaban J connectivity index is 1.77. The fourth-order valence-corrected chi connectivity index (χ4v) is 3.93. The van der Waals surface area contributed by atoms with E-state index in [2.05, 4.69) is 35.9 Å². The van der Waals surface area contributed by atoms with Crippen molar-refractivity contribution in [1.82, 2.24) is 9.88 Å². The summed E-state index contributed by atoms with van der Waals surface area (Å²) in [5.74, 6) is 1.19. The number of rotatable bonds is 4. The summed E-state index contributed by atoms with van der Waals surface area (Å²) in [6.45, 7) is 9.38. The van der Waals surface area contributed by atoms with Crippen molar-refractivity contribution in [2.75, 3.05) is 31.1 Å². The molecular weight excluding hydrogens is 258 g/mol. The minimum absolute atomic E-state index is 0.604. The predicted octanol–water partition coefficient (Wildman–Crippen LogP) is 3.93. The third kappa shape index (κ3) is 3.23. The van der Waals surface area contributed by atoms with Gasteiger partial charge in [-0.3, -0.25) is 4.90 Å². The summed E-state index contributed by atoms with van der Waals surface area (Å²) in [5, 5.41) is 0. The van der Waals surface area contributed by atoms with Crippen LogP contribution in [-0.4, -0.2) is 36.1 Å². The number of likely N-dealkylation sites (tertiary alicyclic amines) is 1. The molecule has 3 nitrogen and oxygen atoms in total. The molecule has 0 radical (unpaired) electrons. The SMILES string of the molecule is CCCN1CCC[C@@H]1c1cnc(N2CCCCC2)cc1C. The minimum atomic E-state index is 0.604. The Morgan fingerprint density at radius 1 is 1.14 bits per heavy atom. The lowest BCUT2D eigenvalue weighted by Gasteiger charge is -2.29. The van der Waals surface area contributed by atoms with Crippen molar-refractivity contribution >= 4 is 5.82 Å². The van der Waals surface area contributed by atoms with Gasteiger partial charge in [-0.25, -0.2) is 4.98 Å². The topological polar surface area (TPSA) is 19.4 Å². The predicted molar refractivity (Wildman–Crippen MR) is 88.9 cm³/mol. The first kappa shape index (κ1) is 14.8. The first-order chi connectivity index (χ1) is 10.3. The van der Waals surface area contributed by atoms with Gasteiger partial charge in [-0.15, -0.1) is 0 Å². The molecule has 3 heteroatoms. The van der Waals surface area contributed by atoms with Crippen LogP contribution >= 0.6 is 0 Å². The van der Waals surface area contributed by atoms with E-state index in [1.807, 2.05) is 0 Å². The van der Waals surface area contributed by atoms with E-state index in [4.69, 9.17) is 4.98 Å². The molecule has 0 bridgehead atoms. The molecule has 116 valence electrons. The highest BCUT2D eigenvalue weighted by Gasteiger charge is 2.27. The smallest absolute Gasteiger partial charge is 0.128 e. The van der Waals surface area contributed by atoms with E-state index in [0.29, 0.717) is 6.04 Å². The molecule has 1 atom stereocenters. The normalized spacial score (nSPS) is 23.7. The van der Waals surface area contributed by atoms with E-state index >= 15 is 0 Å². The summed E-state index contributed by atoms with van der Waals surface area (Å²) in [7, 11) is 0. The van der Waals surface area contributed by atoms with Crippen LogP contribution in [0.4, 0.5) is 5.82 Å². The first-order valence-electron chi connectivity index (χ1n) is 8.75. The highest BCUT2D eigenvalue weighted by atomic mass is 15.2. The van der Waals surface area contributed by atoms with Crippen LogP contribution in [0, 0.1) is 6.92 Å². The van der Waals surface area contributed by atoms with Crippen LogP contribution in [0.15, 0.2) is 12.3 Å². The fourth-order valence-electron chi connectivity index (χ4n) is 3.93. The Morgan fingerprint density at radius 3 is 2.67 bits per heavy atom. The zero-order valence-corrected chi connectivity index (χ0v) is 13.6. The Hall–Kier alpha value is -1.09. The lowest BCUT2D eigenvalue weighted by atomic mass is 10.0. The van der Waals surface area contributed by atoms with Gasteiger partial charge in [0.05, 0.1) is 0 Å². The van der Waals surface area contributed by atoms with E-state index in [-0.39, 0.29) is 0 Å². The molecule has 2 saturated heterocycles. The average molecular weight is 287 g/mol. The van der Waals surface area contributed by atoms with Crippen molar-refractivity contribution < 1.29 is 0 Å². The number of anilines is 1. The van der Waals surface area contributed by atoms with Crippen LogP contribution in [0.5, 0.6) is 0 Å². The zero-order valence-electron chi connectivity index (χ0n) is 13.6. The van der Waals surface area contributed by atoms with Gasteiger partial charge >= 0.3 is 0 Å². The number of hydrogen-bond donors (Lipinski definition) is 0. The molecule has 0 spiro atoms. The molecule has 0 aliphatic carbocycles. The summed E-state index contributed by atoms with van der Waals surface area (Å²) in [4.78, 5) is 9.90. The van der Waals surface area contributed by atoms with E-state index < -0.39 is 0 Å². The van der Waals surface area contributed by atoms with Crippen molar-refractivity contribution in [3.63, 3.8) is 0 Å². The maximum absolute atomic E-state index is 4.80. The van der Waals surface area contributed by atoms with E-state index in [1.54, 1.807) is 0 Å². The molecule has 2 aliphatic heterocycles. The third-order valence-electron chi connectivity index (χ3n) is 5.05. The Kier molecular flexibility index (Phi) is 4.79. The van der Waals surface area contributed by atoms with Crippen molar-refractivity contribution in [3.05, 3.63) is 23.4 Å². The van der Waals surface area contributed by atoms with Gasteiger partial charge < -0.3 is 4.90 Å². The van der Waals surface area contributed by atoms with Crippen molar-refractivity contribution in [3.8, 4) is 0 Å². The Morgan fingerprint density at radius 2 is 1.95 bits per heavy atom. The minimum Gasteiger partial charge on any atom is -0.357 e. The van der Waals surface area contributed by atoms with Gasteiger partial charge in [-0.2, -0.15) is 0 Å². The van der Waals surface area contributed by atoms with Gasteiger partial charge in [-0.05, 0) is 75.7 Å². The van der Waals surface area contributed by atoms with Crippen LogP contribution in [0.1, 0.15) is 62.6 Å². The lowest BCUT2D eigenvalue weighted by Crippen LogP contribution is -2.30. The molecule has 1 aromatic heterocycles. The second-order valence-corrected chi connectivity index (χ2v) is 6.64. The van der Waals surface area contributed by atoms with Crippen LogP contribution in [-0.2, 0) is 0 Å². The van der Waals surface area contributed by atoms with Gasteiger partial charge in [-0.1, -0.05) is 6.92 Å². The Labute approximate surface area is 129 Å². The summed E-state index contributed by atoms with van der Waals surface area (Å²) in [5.41, 5.74) is 2.89. The largest absolute Gasteiger partial charge is 0.357 e. The zero-order chi connectivity index (χ0) is 14.7. The molecule has 3 rings (SSSR count). The number of hydrogen-bond acceptors (Lipinski definition) is 3. The van der Waals surface area contributed by atoms with E-state index in [0.717, 1.165) is 0 Å². The highest BCUT2D eigenvalue weighted by molar-refractivity contribution is 5.44. The molecule has 21 heavy (non-hydrogen) atoms. The molecule has 0 aromatic carbocycles. The maximum atomic E-state index is 4.80. The Bertz CT molecular complexity index is 466. The van der Waals surface area contributed by atoms with Crippen molar-refractivity contribution in [2.24, 2.45) is 0 Å². The standard InChI is InChI=1S/C18H29N3/c1-3-9-20-12-7-8-17(20)16-14-19-18(13-15(16)2)21-10-5-4-6-11-21/h13-14,17H,3-12H2,1-2H3/t17-/m1/s1. The molecule has 0 saturated carbocycles. The van der Waals surface area contributed by atoms with Gasteiger partial charge in [0.15, 0.2) is 0 Å². The van der Waals surface area contributed by atoms with Gasteiger partial charge in [0.2, 0.25) is 0 Å². The summed E-state index contributed by atoms with van der Waals surface area (Å²) >= 11 is 0. The van der Waals surface area contributed by atoms with Gasteiger partial charge in [0, 0.05) is 25.3 Å². The second-order valence-electron chi connectivity index (χ2n) is 6.64. The van der Waals surface area contributed by atoms with E-state index in [1.165, 1.54) is 81.6 Å². The maximum Gasteiger partial charge on any atom is 0.128 e. The first-order valence-corrected chi connectivity index (χ1v) is 8.75. The molecule has 2 aliphatic rings. The number of aryl methyl sites for hydroxylation is 1. The van der Waals surface area contributed by atoms with Crippen LogP contribution in [0.25, 0.3) is 0 Å². The van der Waals surface area contributed by atoms with Crippen LogP contribution in [0.2, 0.25) is 0 Å². The molecule has 0 amide bonds. The summed E-state index contributed by atoms with van der Waals surface area (Å²) in [6.07, 6.45) is 10.0. The molecule has 2 fully saturated rings. The number of aromatic nitrogens is 1. The molecular formula is C18H29N3. The molecule has 1 aromatic rings. The van der Waals surface area contributed by atoms with Gasteiger partial charge in [0.25, 0.3) is 0 Å². The van der Waals surface area contributed by atoms with Crippen molar-refractivity contribution in [1.29, 1.82) is 0 Å². The highest BCUT2D eigenvalue weighted by Crippen LogP contribution is 2.34. The average Bonchev–Trinajstić information content (AvgIpc) is 2.96.